The fourth-order valence-electron chi connectivity index (χ4n) is 1.41. The smallest absolute Gasteiger partial charge is 0.182 e. The monoisotopic (exact) mass is 176 g/mol. The molecular weight excluding hydrogens is 164 g/mol. The lowest BCUT2D eigenvalue weighted by Crippen LogP contribution is -1.94. The van der Waals surface area contributed by atoms with Gasteiger partial charge in [-0.05, 0) is 18.4 Å². The van der Waals surface area contributed by atoms with Crippen molar-refractivity contribution in [1.82, 2.24) is 9.97 Å². The Balaban J connectivity index is 2.78. The average Bonchev–Trinajstić information content (AvgIpc) is 2.53. The van der Waals surface area contributed by atoms with Crippen molar-refractivity contribution in [3.63, 3.8) is 0 Å². The van der Waals surface area contributed by atoms with E-state index in [9.17, 15) is 0 Å². The molecule has 0 fully saturated rings. The Morgan fingerprint density at radius 2 is 2.08 bits per heavy atom. The van der Waals surface area contributed by atoms with Crippen LogP contribution in [0.15, 0.2) is 17.0 Å². The molecule has 0 aliphatic rings. The van der Waals surface area contributed by atoms with Crippen molar-refractivity contribution in [2.45, 2.75) is 26.7 Å². The second-order valence-electron chi connectivity index (χ2n) is 3.51. The van der Waals surface area contributed by atoms with Crippen LogP contribution in [0.25, 0.3) is 11.1 Å². The van der Waals surface area contributed by atoms with Gasteiger partial charge in [0.25, 0.3) is 0 Å². The molecule has 0 aromatic carbocycles. The van der Waals surface area contributed by atoms with Gasteiger partial charge in [-0.1, -0.05) is 13.8 Å². The third-order valence-corrected chi connectivity index (χ3v) is 2.12. The number of rotatable bonds is 1. The Labute approximate surface area is 76.8 Å². The first-order chi connectivity index (χ1) is 6.20. The lowest BCUT2D eigenvalue weighted by molar-refractivity contribution is 0.591. The fraction of sp³-hybridized carbons (Fsp3) is 0.400. The normalized spacial score (nSPS) is 11.4. The van der Waals surface area contributed by atoms with Gasteiger partial charge >= 0.3 is 0 Å². The Hall–Kier alpha value is -1.38. The van der Waals surface area contributed by atoms with Gasteiger partial charge in [0.2, 0.25) is 0 Å². The summed E-state index contributed by atoms with van der Waals surface area (Å²) in [5, 5.41) is 0. The molecule has 68 valence electrons. The van der Waals surface area contributed by atoms with Crippen LogP contribution >= 0.6 is 0 Å². The number of hydrogen-bond donors (Lipinski definition) is 0. The van der Waals surface area contributed by atoms with Crippen LogP contribution in [-0.2, 0) is 0 Å². The molecule has 2 heterocycles. The van der Waals surface area contributed by atoms with E-state index in [1.165, 1.54) is 6.39 Å². The third kappa shape index (κ3) is 1.20. The Kier molecular flexibility index (Phi) is 1.79. The third-order valence-electron chi connectivity index (χ3n) is 2.12. The highest BCUT2D eigenvalue weighted by molar-refractivity contribution is 5.77. The quantitative estimate of drug-likeness (QED) is 0.670. The molecule has 0 aliphatic heterocycles. The molecule has 0 aliphatic carbocycles. The summed E-state index contributed by atoms with van der Waals surface area (Å²) in [6.07, 6.45) is 3.32. The number of pyridine rings is 1. The van der Waals surface area contributed by atoms with Crippen molar-refractivity contribution in [3.8, 4) is 0 Å². The number of hydrogen-bond acceptors (Lipinski definition) is 3. The molecule has 0 spiro atoms. The molecule has 2 aromatic heterocycles. The highest BCUT2D eigenvalue weighted by Crippen LogP contribution is 2.24. The zero-order valence-electron chi connectivity index (χ0n) is 8.03. The molecule has 13 heavy (non-hydrogen) atoms. The van der Waals surface area contributed by atoms with E-state index >= 15 is 0 Å². The van der Waals surface area contributed by atoms with Crippen LogP contribution < -0.4 is 0 Å². The number of nitrogens with zero attached hydrogens (tertiary/aromatic N) is 2. The van der Waals surface area contributed by atoms with Crippen LogP contribution in [-0.4, -0.2) is 9.97 Å². The van der Waals surface area contributed by atoms with Gasteiger partial charge < -0.3 is 4.42 Å². The van der Waals surface area contributed by atoms with Gasteiger partial charge in [-0.3, -0.25) is 4.98 Å². The molecule has 0 atom stereocenters. The Morgan fingerprint density at radius 3 is 2.77 bits per heavy atom. The number of aromatic nitrogens is 2. The maximum absolute atomic E-state index is 5.32. The zero-order valence-corrected chi connectivity index (χ0v) is 8.03. The van der Waals surface area contributed by atoms with Crippen molar-refractivity contribution in [1.29, 1.82) is 0 Å². The Morgan fingerprint density at radius 1 is 1.31 bits per heavy atom. The topological polar surface area (TPSA) is 38.9 Å². The zero-order chi connectivity index (χ0) is 9.42. The van der Waals surface area contributed by atoms with E-state index in [1.54, 1.807) is 0 Å². The highest BCUT2D eigenvalue weighted by atomic mass is 16.3. The van der Waals surface area contributed by atoms with Crippen LogP contribution in [0.4, 0.5) is 0 Å². The molecule has 0 radical (unpaired) electrons. The van der Waals surface area contributed by atoms with Gasteiger partial charge in [-0.15, -0.1) is 0 Å². The van der Waals surface area contributed by atoms with Gasteiger partial charge in [0, 0.05) is 6.20 Å². The van der Waals surface area contributed by atoms with Crippen LogP contribution in [0.2, 0.25) is 0 Å². The van der Waals surface area contributed by atoms with Crippen molar-refractivity contribution in [2.75, 3.05) is 0 Å². The summed E-state index contributed by atoms with van der Waals surface area (Å²) in [6, 6.07) is 0. The largest absolute Gasteiger partial charge is 0.442 e. The molecule has 3 nitrogen and oxygen atoms in total. The standard InChI is InChI=1S/C10H12N2O/c1-6(2)8-10-9(12-5-13-10)7(3)4-11-8/h4-6H,1-3H3. The van der Waals surface area contributed by atoms with E-state index in [0.717, 1.165) is 22.4 Å². The molecule has 0 bridgehead atoms. The minimum absolute atomic E-state index is 0.371. The molecule has 2 rings (SSSR count). The minimum Gasteiger partial charge on any atom is -0.442 e. The fourth-order valence-corrected chi connectivity index (χ4v) is 1.41. The first-order valence-corrected chi connectivity index (χ1v) is 4.39. The Bertz CT molecular complexity index is 431. The second kappa shape index (κ2) is 2.83. The number of oxazole rings is 1. The van der Waals surface area contributed by atoms with Gasteiger partial charge in [0.15, 0.2) is 12.0 Å². The second-order valence-corrected chi connectivity index (χ2v) is 3.51. The lowest BCUT2D eigenvalue weighted by Gasteiger charge is -2.04. The molecule has 0 saturated heterocycles. The highest BCUT2D eigenvalue weighted by Gasteiger charge is 2.11. The van der Waals surface area contributed by atoms with E-state index in [1.807, 2.05) is 13.1 Å². The van der Waals surface area contributed by atoms with Crippen LogP contribution in [0.3, 0.4) is 0 Å². The van der Waals surface area contributed by atoms with E-state index in [-0.39, 0.29) is 0 Å². The van der Waals surface area contributed by atoms with Crippen LogP contribution in [0.1, 0.15) is 31.0 Å². The molecule has 3 heteroatoms. The SMILES string of the molecule is Cc1cnc(C(C)C)c2ocnc12. The van der Waals surface area contributed by atoms with Crippen molar-refractivity contribution >= 4 is 11.1 Å². The molecular formula is C10H12N2O. The van der Waals surface area contributed by atoms with E-state index < -0.39 is 0 Å². The van der Waals surface area contributed by atoms with Crippen molar-refractivity contribution < 1.29 is 4.42 Å². The van der Waals surface area contributed by atoms with E-state index in [0.29, 0.717) is 5.92 Å². The summed E-state index contributed by atoms with van der Waals surface area (Å²) in [5.41, 5.74) is 3.81. The number of fused-ring (bicyclic) bond motifs is 1. The maximum Gasteiger partial charge on any atom is 0.182 e. The molecule has 2 aromatic rings. The first kappa shape index (κ1) is 8.23. The average molecular weight is 176 g/mol. The molecule has 0 saturated carbocycles. The summed E-state index contributed by atoms with van der Waals surface area (Å²) in [6.45, 7) is 6.18. The van der Waals surface area contributed by atoms with Gasteiger partial charge in [-0.2, -0.15) is 0 Å². The van der Waals surface area contributed by atoms with E-state index in [2.05, 4.69) is 23.8 Å². The summed E-state index contributed by atoms with van der Waals surface area (Å²) in [4.78, 5) is 8.50. The van der Waals surface area contributed by atoms with Crippen LogP contribution in [0.5, 0.6) is 0 Å². The summed E-state index contributed by atoms with van der Waals surface area (Å²) < 4.78 is 5.32. The van der Waals surface area contributed by atoms with Gasteiger partial charge in [0.05, 0.1) is 5.69 Å². The molecule has 0 unspecified atom stereocenters. The minimum atomic E-state index is 0.371. The predicted octanol–water partition coefficient (Wildman–Crippen LogP) is 2.65. The van der Waals surface area contributed by atoms with Gasteiger partial charge in [0.1, 0.15) is 5.52 Å². The molecule has 0 amide bonds. The molecule has 0 N–H and O–H groups in total. The maximum atomic E-state index is 5.32. The summed E-state index contributed by atoms with van der Waals surface area (Å²) in [5.74, 6) is 0.371. The number of aryl methyl sites for hydroxylation is 1. The van der Waals surface area contributed by atoms with Crippen molar-refractivity contribution in [2.24, 2.45) is 0 Å². The van der Waals surface area contributed by atoms with Crippen LogP contribution in [0, 0.1) is 6.92 Å². The van der Waals surface area contributed by atoms with Crippen molar-refractivity contribution in [3.05, 3.63) is 23.8 Å². The predicted molar refractivity (Wildman–Crippen MR) is 50.6 cm³/mol. The van der Waals surface area contributed by atoms with E-state index in [4.69, 9.17) is 4.42 Å². The summed E-state index contributed by atoms with van der Waals surface area (Å²) >= 11 is 0. The first-order valence-electron chi connectivity index (χ1n) is 4.39. The summed E-state index contributed by atoms with van der Waals surface area (Å²) in [7, 11) is 0. The van der Waals surface area contributed by atoms with Gasteiger partial charge in [-0.25, -0.2) is 4.98 Å². The lowest BCUT2D eigenvalue weighted by atomic mass is 10.1.